The smallest absolute Gasteiger partial charge is 0.223 e. The number of hydrogen-bond acceptors (Lipinski definition) is 4. The van der Waals surface area contributed by atoms with Gasteiger partial charge in [0.25, 0.3) is 0 Å². The van der Waals surface area contributed by atoms with Crippen molar-refractivity contribution < 1.29 is 4.79 Å². The standard InChI is InChI=1S/C22H21N3OS2/c26-22(11-10-18-14-23-25(15-18)19-6-2-1-3-7-19)24(16-20-8-4-12-27-20)17-21-9-5-13-28-21/h1-9,12-15H,10-11,16-17H2. The molecule has 0 radical (unpaired) electrons. The van der Waals surface area contributed by atoms with Crippen molar-refractivity contribution in [2.75, 3.05) is 0 Å². The lowest BCUT2D eigenvalue weighted by Crippen LogP contribution is -2.29. The number of amides is 1. The van der Waals surface area contributed by atoms with E-state index in [1.54, 1.807) is 22.7 Å². The first-order valence-electron chi connectivity index (χ1n) is 9.19. The molecule has 0 N–H and O–H groups in total. The zero-order chi connectivity index (χ0) is 19.2. The zero-order valence-electron chi connectivity index (χ0n) is 15.4. The Morgan fingerprint density at radius 3 is 2.21 bits per heavy atom. The van der Waals surface area contributed by atoms with Crippen molar-refractivity contribution in [2.24, 2.45) is 0 Å². The first-order valence-corrected chi connectivity index (χ1v) is 11.0. The fraction of sp³-hybridized carbons (Fsp3) is 0.182. The predicted octanol–water partition coefficient (Wildman–Crippen LogP) is 5.16. The number of benzene rings is 1. The minimum Gasteiger partial charge on any atom is -0.332 e. The Morgan fingerprint density at radius 1 is 0.929 bits per heavy atom. The number of rotatable bonds is 8. The Morgan fingerprint density at radius 2 is 1.61 bits per heavy atom. The molecule has 4 rings (SSSR count). The van der Waals surface area contributed by atoms with Crippen LogP contribution in [0.1, 0.15) is 21.7 Å². The largest absolute Gasteiger partial charge is 0.332 e. The van der Waals surface area contributed by atoms with Crippen LogP contribution in [0.5, 0.6) is 0 Å². The lowest BCUT2D eigenvalue weighted by atomic mass is 10.2. The van der Waals surface area contributed by atoms with Crippen LogP contribution in [0.15, 0.2) is 77.8 Å². The molecule has 0 unspecified atom stereocenters. The molecule has 0 fully saturated rings. The minimum absolute atomic E-state index is 0.175. The second-order valence-corrected chi connectivity index (χ2v) is 8.60. The molecular weight excluding hydrogens is 386 g/mol. The Kier molecular flexibility index (Phi) is 5.99. The highest BCUT2D eigenvalue weighted by atomic mass is 32.1. The molecule has 0 aliphatic rings. The van der Waals surface area contributed by atoms with Crippen molar-refractivity contribution in [3.05, 3.63) is 93.1 Å². The number of para-hydroxylation sites is 1. The van der Waals surface area contributed by atoms with Gasteiger partial charge in [-0.25, -0.2) is 4.68 Å². The minimum atomic E-state index is 0.175. The van der Waals surface area contributed by atoms with Gasteiger partial charge < -0.3 is 4.90 Å². The highest BCUT2D eigenvalue weighted by Gasteiger charge is 2.16. The second-order valence-electron chi connectivity index (χ2n) is 6.54. The van der Waals surface area contributed by atoms with Crippen molar-refractivity contribution in [2.45, 2.75) is 25.9 Å². The third-order valence-electron chi connectivity index (χ3n) is 4.49. The molecule has 0 aliphatic heterocycles. The Labute approximate surface area is 172 Å². The summed E-state index contributed by atoms with van der Waals surface area (Å²) in [5.74, 6) is 0.175. The van der Waals surface area contributed by atoms with Gasteiger partial charge in [-0.1, -0.05) is 30.3 Å². The molecule has 3 heterocycles. The normalized spacial score (nSPS) is 10.9. The number of thiophene rings is 2. The third-order valence-corrected chi connectivity index (χ3v) is 6.21. The molecule has 28 heavy (non-hydrogen) atoms. The molecule has 0 saturated carbocycles. The second kappa shape index (κ2) is 8.99. The fourth-order valence-corrected chi connectivity index (χ4v) is 4.47. The van der Waals surface area contributed by atoms with E-state index in [0.29, 0.717) is 25.9 Å². The van der Waals surface area contributed by atoms with E-state index in [4.69, 9.17) is 0 Å². The van der Waals surface area contributed by atoms with Gasteiger partial charge in [-0.3, -0.25) is 4.79 Å². The summed E-state index contributed by atoms with van der Waals surface area (Å²) in [5.41, 5.74) is 2.10. The molecule has 0 aliphatic carbocycles. The molecule has 6 heteroatoms. The summed E-state index contributed by atoms with van der Waals surface area (Å²) in [6.07, 6.45) is 5.03. The van der Waals surface area contributed by atoms with E-state index < -0.39 is 0 Å². The van der Waals surface area contributed by atoms with Crippen molar-refractivity contribution in [1.82, 2.24) is 14.7 Å². The van der Waals surface area contributed by atoms with Crippen LogP contribution in [0.4, 0.5) is 0 Å². The third kappa shape index (κ3) is 4.77. The molecule has 1 amide bonds. The topological polar surface area (TPSA) is 38.1 Å². The van der Waals surface area contributed by atoms with Crippen LogP contribution in [0.3, 0.4) is 0 Å². The maximum absolute atomic E-state index is 13.0. The molecule has 4 aromatic rings. The number of nitrogens with zero attached hydrogens (tertiary/aromatic N) is 3. The van der Waals surface area contributed by atoms with E-state index in [9.17, 15) is 4.79 Å². The predicted molar refractivity (Wildman–Crippen MR) is 115 cm³/mol. The Balaban J connectivity index is 1.40. The van der Waals surface area contributed by atoms with Gasteiger partial charge in [-0.15, -0.1) is 22.7 Å². The van der Waals surface area contributed by atoms with Crippen LogP contribution >= 0.6 is 22.7 Å². The van der Waals surface area contributed by atoms with Gasteiger partial charge in [-0.05, 0) is 47.0 Å². The first kappa shape index (κ1) is 18.7. The van der Waals surface area contributed by atoms with Crippen LogP contribution in [0, 0.1) is 0 Å². The van der Waals surface area contributed by atoms with Gasteiger partial charge in [0.05, 0.1) is 25.0 Å². The zero-order valence-corrected chi connectivity index (χ0v) is 17.0. The van der Waals surface area contributed by atoms with E-state index in [1.165, 1.54) is 9.75 Å². The lowest BCUT2D eigenvalue weighted by molar-refractivity contribution is -0.132. The number of aryl methyl sites for hydroxylation is 1. The summed E-state index contributed by atoms with van der Waals surface area (Å²) in [7, 11) is 0. The van der Waals surface area contributed by atoms with Gasteiger partial charge in [-0.2, -0.15) is 5.10 Å². The molecule has 3 aromatic heterocycles. The molecule has 0 bridgehead atoms. The molecule has 0 atom stereocenters. The Hall–Kier alpha value is -2.70. The number of carbonyl (C=O) groups excluding carboxylic acids is 1. The van der Waals surface area contributed by atoms with E-state index >= 15 is 0 Å². The Bertz CT molecular complexity index is 956. The van der Waals surface area contributed by atoms with Gasteiger partial charge in [0.15, 0.2) is 0 Å². The molecule has 1 aromatic carbocycles. The van der Waals surface area contributed by atoms with Crippen LogP contribution in [0.25, 0.3) is 5.69 Å². The maximum Gasteiger partial charge on any atom is 0.223 e. The van der Waals surface area contributed by atoms with Gasteiger partial charge in [0.1, 0.15) is 0 Å². The summed E-state index contributed by atoms with van der Waals surface area (Å²) in [4.78, 5) is 17.3. The van der Waals surface area contributed by atoms with Gasteiger partial charge in [0.2, 0.25) is 5.91 Å². The summed E-state index contributed by atoms with van der Waals surface area (Å²) in [6, 6.07) is 18.3. The van der Waals surface area contributed by atoms with Crippen LogP contribution in [0.2, 0.25) is 0 Å². The van der Waals surface area contributed by atoms with Crippen molar-refractivity contribution in [3.63, 3.8) is 0 Å². The summed E-state index contributed by atoms with van der Waals surface area (Å²) in [5, 5.41) is 8.54. The number of hydrogen-bond donors (Lipinski definition) is 0. The van der Waals surface area contributed by atoms with Gasteiger partial charge in [0, 0.05) is 22.4 Å². The molecular formula is C22H21N3OS2. The molecule has 4 nitrogen and oxygen atoms in total. The average Bonchev–Trinajstić information content (AvgIpc) is 3.49. The summed E-state index contributed by atoms with van der Waals surface area (Å²) < 4.78 is 1.86. The summed E-state index contributed by atoms with van der Waals surface area (Å²) in [6.45, 7) is 1.33. The average molecular weight is 408 g/mol. The van der Waals surface area contributed by atoms with Crippen LogP contribution in [-0.4, -0.2) is 20.6 Å². The van der Waals surface area contributed by atoms with E-state index in [0.717, 1.165) is 11.3 Å². The van der Waals surface area contributed by atoms with E-state index in [1.807, 2.05) is 64.4 Å². The molecule has 0 spiro atoms. The number of aromatic nitrogens is 2. The SMILES string of the molecule is O=C(CCc1cnn(-c2ccccc2)c1)N(Cc1cccs1)Cc1cccs1. The quantitative estimate of drug-likeness (QED) is 0.405. The first-order chi connectivity index (χ1) is 13.8. The lowest BCUT2D eigenvalue weighted by Gasteiger charge is -2.21. The highest BCUT2D eigenvalue weighted by Crippen LogP contribution is 2.19. The van der Waals surface area contributed by atoms with Crippen LogP contribution < -0.4 is 0 Å². The van der Waals surface area contributed by atoms with Crippen LogP contribution in [-0.2, 0) is 24.3 Å². The summed E-state index contributed by atoms with van der Waals surface area (Å²) >= 11 is 3.39. The monoisotopic (exact) mass is 407 g/mol. The van der Waals surface area contributed by atoms with Gasteiger partial charge >= 0.3 is 0 Å². The van der Waals surface area contributed by atoms with Crippen molar-refractivity contribution in [1.29, 1.82) is 0 Å². The fourth-order valence-electron chi connectivity index (χ4n) is 3.03. The van der Waals surface area contributed by atoms with Crippen molar-refractivity contribution >= 4 is 28.6 Å². The number of carbonyl (C=O) groups is 1. The molecule has 0 saturated heterocycles. The highest BCUT2D eigenvalue weighted by molar-refractivity contribution is 7.10. The van der Waals surface area contributed by atoms with Crippen molar-refractivity contribution in [3.8, 4) is 5.69 Å². The van der Waals surface area contributed by atoms with E-state index in [2.05, 4.69) is 28.0 Å². The van der Waals surface area contributed by atoms with E-state index in [-0.39, 0.29) is 5.91 Å². The molecule has 142 valence electrons. The maximum atomic E-state index is 13.0.